The number of halogens is 1. The van der Waals surface area contributed by atoms with Gasteiger partial charge in [0.15, 0.2) is 5.78 Å². The van der Waals surface area contributed by atoms with Crippen molar-refractivity contribution >= 4 is 45.1 Å². The summed E-state index contributed by atoms with van der Waals surface area (Å²) in [4.78, 5) is 17.1. The van der Waals surface area contributed by atoms with Crippen LogP contribution < -0.4 is 0 Å². The third-order valence-electron chi connectivity index (χ3n) is 4.42. The smallest absolute Gasteiger partial charge is 0.186 e. The minimum absolute atomic E-state index is 0.0535. The second kappa shape index (κ2) is 6.74. The Morgan fingerprint density at radius 3 is 2.65 bits per heavy atom. The molecule has 3 aromatic carbocycles. The van der Waals surface area contributed by atoms with Gasteiger partial charge in [-0.15, -0.1) is 0 Å². The van der Waals surface area contributed by atoms with E-state index in [1.807, 2.05) is 67.6 Å². The van der Waals surface area contributed by atoms with Gasteiger partial charge >= 0.3 is 0 Å². The van der Waals surface area contributed by atoms with Crippen LogP contribution in [0.15, 0.2) is 72.8 Å². The Balaban J connectivity index is 1.72. The molecule has 0 fully saturated rings. The monoisotopic (exact) mass is 357 g/mol. The van der Waals surface area contributed by atoms with Gasteiger partial charge in [-0.25, -0.2) is 4.98 Å². The number of hydrogen-bond acceptors (Lipinski definition) is 2. The Morgan fingerprint density at radius 1 is 0.962 bits per heavy atom. The number of pyridine rings is 1. The molecule has 126 valence electrons. The molecule has 0 spiro atoms. The maximum atomic E-state index is 12.7. The molecule has 0 unspecified atom stereocenters. The summed E-state index contributed by atoms with van der Waals surface area (Å²) in [5, 5.41) is 3.39. The van der Waals surface area contributed by atoms with Gasteiger partial charge in [0.25, 0.3) is 0 Å². The maximum Gasteiger partial charge on any atom is 0.186 e. The molecule has 0 aliphatic carbocycles. The molecule has 0 saturated heterocycles. The number of allylic oxidation sites excluding steroid dienone is 1. The molecule has 3 heteroatoms. The third kappa shape index (κ3) is 3.12. The SMILES string of the molecule is Cc1ccc2nc(Cl)c(/C=C/C(=O)c3cccc4ccccc34)cc2c1. The minimum Gasteiger partial charge on any atom is -0.289 e. The molecule has 2 nitrogen and oxygen atoms in total. The Labute approximate surface area is 156 Å². The third-order valence-corrected chi connectivity index (χ3v) is 4.72. The summed E-state index contributed by atoms with van der Waals surface area (Å²) in [6, 6.07) is 21.6. The van der Waals surface area contributed by atoms with E-state index in [-0.39, 0.29) is 5.78 Å². The number of nitrogens with zero attached hydrogens (tertiary/aromatic N) is 1. The van der Waals surface area contributed by atoms with Crippen LogP contribution in [0.1, 0.15) is 21.5 Å². The fraction of sp³-hybridized carbons (Fsp3) is 0.0435. The second-order valence-electron chi connectivity index (χ2n) is 6.29. The molecule has 0 bridgehead atoms. The Hall–Kier alpha value is -2.97. The zero-order valence-electron chi connectivity index (χ0n) is 14.2. The van der Waals surface area contributed by atoms with E-state index in [9.17, 15) is 4.79 Å². The summed E-state index contributed by atoms with van der Waals surface area (Å²) in [5.41, 5.74) is 3.42. The summed E-state index contributed by atoms with van der Waals surface area (Å²) in [6.45, 7) is 2.04. The van der Waals surface area contributed by atoms with Gasteiger partial charge in [0.2, 0.25) is 0 Å². The molecule has 4 rings (SSSR count). The molecule has 0 N–H and O–H groups in total. The predicted molar refractivity (Wildman–Crippen MR) is 109 cm³/mol. The van der Waals surface area contributed by atoms with Crippen LogP contribution in [0.5, 0.6) is 0 Å². The van der Waals surface area contributed by atoms with E-state index < -0.39 is 0 Å². The Bertz CT molecular complexity index is 1170. The molecule has 1 aromatic heterocycles. The van der Waals surface area contributed by atoms with Crippen LogP contribution in [0.4, 0.5) is 0 Å². The van der Waals surface area contributed by atoms with E-state index in [1.54, 1.807) is 12.2 Å². The quantitative estimate of drug-likeness (QED) is 0.246. The standard InChI is InChI=1S/C23H16ClNO/c1-15-9-11-21-18(13-15)14-17(23(24)25-21)10-12-22(26)20-8-4-6-16-5-2-3-7-19(16)20/h2-14H,1H3/b12-10+. The van der Waals surface area contributed by atoms with Crippen molar-refractivity contribution in [2.45, 2.75) is 6.92 Å². The fourth-order valence-electron chi connectivity index (χ4n) is 3.10. The van der Waals surface area contributed by atoms with Gasteiger partial charge in [0, 0.05) is 16.5 Å². The number of fused-ring (bicyclic) bond motifs is 2. The van der Waals surface area contributed by atoms with Gasteiger partial charge in [-0.3, -0.25) is 4.79 Å². The van der Waals surface area contributed by atoms with E-state index in [1.165, 1.54) is 0 Å². The van der Waals surface area contributed by atoms with Crippen LogP contribution in [0.2, 0.25) is 5.15 Å². The van der Waals surface area contributed by atoms with Crippen molar-refractivity contribution in [2.24, 2.45) is 0 Å². The number of benzene rings is 3. The predicted octanol–water partition coefficient (Wildman–Crippen LogP) is 6.25. The Morgan fingerprint density at radius 2 is 1.77 bits per heavy atom. The highest BCUT2D eigenvalue weighted by Crippen LogP contribution is 2.24. The van der Waals surface area contributed by atoms with Gasteiger partial charge in [-0.1, -0.05) is 65.7 Å². The van der Waals surface area contributed by atoms with E-state index in [4.69, 9.17) is 11.6 Å². The second-order valence-corrected chi connectivity index (χ2v) is 6.65. The summed E-state index contributed by atoms with van der Waals surface area (Å²) in [6.07, 6.45) is 3.30. The van der Waals surface area contributed by atoms with Crippen LogP contribution in [-0.2, 0) is 0 Å². The average molecular weight is 358 g/mol. The molecular formula is C23H16ClNO. The molecule has 26 heavy (non-hydrogen) atoms. The highest BCUT2D eigenvalue weighted by molar-refractivity contribution is 6.31. The molecule has 0 aliphatic heterocycles. The first-order valence-corrected chi connectivity index (χ1v) is 8.77. The molecular weight excluding hydrogens is 342 g/mol. The Kier molecular flexibility index (Phi) is 4.27. The van der Waals surface area contributed by atoms with Crippen molar-refractivity contribution in [3.63, 3.8) is 0 Å². The summed E-state index contributed by atoms with van der Waals surface area (Å²) >= 11 is 6.29. The zero-order valence-corrected chi connectivity index (χ0v) is 15.0. The lowest BCUT2D eigenvalue weighted by Gasteiger charge is -2.04. The topological polar surface area (TPSA) is 30.0 Å². The molecule has 0 radical (unpaired) electrons. The van der Waals surface area contributed by atoms with E-state index in [2.05, 4.69) is 11.1 Å². The van der Waals surface area contributed by atoms with Gasteiger partial charge in [-0.2, -0.15) is 0 Å². The largest absolute Gasteiger partial charge is 0.289 e. The van der Waals surface area contributed by atoms with Crippen molar-refractivity contribution < 1.29 is 4.79 Å². The van der Waals surface area contributed by atoms with Crippen LogP contribution in [0.3, 0.4) is 0 Å². The number of rotatable bonds is 3. The first kappa shape index (κ1) is 16.5. The van der Waals surface area contributed by atoms with E-state index in [0.717, 1.165) is 32.8 Å². The van der Waals surface area contributed by atoms with Crippen molar-refractivity contribution in [1.29, 1.82) is 0 Å². The maximum absolute atomic E-state index is 12.7. The lowest BCUT2D eigenvalue weighted by Crippen LogP contribution is -1.95. The number of ketones is 1. The van der Waals surface area contributed by atoms with Crippen LogP contribution >= 0.6 is 11.6 Å². The summed E-state index contributed by atoms with van der Waals surface area (Å²) in [5.74, 6) is -0.0535. The molecule has 1 heterocycles. The number of aryl methyl sites for hydroxylation is 1. The zero-order chi connectivity index (χ0) is 18.1. The summed E-state index contributed by atoms with van der Waals surface area (Å²) < 4.78 is 0. The van der Waals surface area contributed by atoms with Gasteiger partial charge in [0.05, 0.1) is 5.52 Å². The summed E-state index contributed by atoms with van der Waals surface area (Å²) in [7, 11) is 0. The van der Waals surface area contributed by atoms with Gasteiger partial charge < -0.3 is 0 Å². The van der Waals surface area contributed by atoms with Crippen molar-refractivity contribution in [3.8, 4) is 0 Å². The highest BCUT2D eigenvalue weighted by Gasteiger charge is 2.08. The molecule has 0 atom stereocenters. The van der Waals surface area contributed by atoms with E-state index >= 15 is 0 Å². The first-order valence-electron chi connectivity index (χ1n) is 8.39. The highest BCUT2D eigenvalue weighted by atomic mass is 35.5. The normalized spacial score (nSPS) is 11.5. The number of hydrogen-bond donors (Lipinski definition) is 0. The molecule has 4 aromatic rings. The van der Waals surface area contributed by atoms with Crippen molar-refractivity contribution in [1.82, 2.24) is 4.98 Å². The lowest BCUT2D eigenvalue weighted by molar-refractivity contribution is 0.104. The van der Waals surface area contributed by atoms with Gasteiger partial charge in [0.1, 0.15) is 5.15 Å². The molecule has 0 saturated carbocycles. The average Bonchev–Trinajstić information content (AvgIpc) is 2.66. The number of carbonyl (C=O) groups is 1. The fourth-order valence-corrected chi connectivity index (χ4v) is 3.31. The lowest BCUT2D eigenvalue weighted by atomic mass is 10.0. The van der Waals surface area contributed by atoms with E-state index in [0.29, 0.717) is 10.7 Å². The van der Waals surface area contributed by atoms with Crippen molar-refractivity contribution in [2.75, 3.05) is 0 Å². The number of carbonyl (C=O) groups excluding carboxylic acids is 1. The molecule has 0 amide bonds. The van der Waals surface area contributed by atoms with Gasteiger partial charge in [-0.05, 0) is 48.0 Å². The van der Waals surface area contributed by atoms with Crippen LogP contribution in [0.25, 0.3) is 27.8 Å². The van der Waals surface area contributed by atoms with Crippen LogP contribution in [0, 0.1) is 6.92 Å². The molecule has 0 aliphatic rings. The number of aromatic nitrogens is 1. The van der Waals surface area contributed by atoms with Crippen molar-refractivity contribution in [3.05, 3.63) is 94.6 Å². The first-order chi connectivity index (χ1) is 12.6. The van der Waals surface area contributed by atoms with Crippen LogP contribution in [-0.4, -0.2) is 10.8 Å². The minimum atomic E-state index is -0.0535.